The van der Waals surface area contributed by atoms with E-state index in [1.807, 2.05) is 6.07 Å². The fourth-order valence-electron chi connectivity index (χ4n) is 3.34. The molecule has 0 aliphatic carbocycles. The van der Waals surface area contributed by atoms with Crippen molar-refractivity contribution in [2.75, 3.05) is 31.1 Å². The van der Waals surface area contributed by atoms with Crippen molar-refractivity contribution in [3.63, 3.8) is 0 Å². The molecule has 2 heterocycles. The largest absolute Gasteiger partial charge is 0.370 e. The standard InChI is InChI=1S/C15H20ClFN2/c16-10-12-9-13(17)3-4-15(12)19-8-5-14(11-19)18-6-1-2-7-18/h3-4,9,14H,1-2,5-8,10-11H2. The molecular weight excluding hydrogens is 263 g/mol. The number of hydrogen-bond donors (Lipinski definition) is 0. The van der Waals surface area contributed by atoms with Crippen molar-refractivity contribution in [2.45, 2.75) is 31.2 Å². The molecule has 1 unspecified atom stereocenters. The molecule has 0 bridgehead atoms. The summed E-state index contributed by atoms with van der Waals surface area (Å²) in [5, 5.41) is 0. The molecular formula is C15H20ClFN2. The first-order chi connectivity index (χ1) is 9.28. The normalized spacial score (nSPS) is 24.3. The van der Waals surface area contributed by atoms with E-state index in [9.17, 15) is 4.39 Å². The van der Waals surface area contributed by atoms with E-state index in [2.05, 4.69) is 9.80 Å². The zero-order chi connectivity index (χ0) is 13.2. The van der Waals surface area contributed by atoms with Crippen molar-refractivity contribution in [2.24, 2.45) is 0 Å². The SMILES string of the molecule is Fc1ccc(N2CCC(N3CCCC3)C2)c(CCl)c1. The summed E-state index contributed by atoms with van der Waals surface area (Å²) in [6, 6.07) is 5.63. The van der Waals surface area contributed by atoms with Gasteiger partial charge in [0.25, 0.3) is 0 Å². The lowest BCUT2D eigenvalue weighted by atomic mass is 10.2. The highest BCUT2D eigenvalue weighted by atomic mass is 35.5. The van der Waals surface area contributed by atoms with Crippen LogP contribution in [0.15, 0.2) is 18.2 Å². The van der Waals surface area contributed by atoms with E-state index in [0.29, 0.717) is 11.9 Å². The van der Waals surface area contributed by atoms with Crippen LogP contribution < -0.4 is 4.90 Å². The third-order valence-corrected chi connectivity index (χ3v) is 4.63. The molecule has 19 heavy (non-hydrogen) atoms. The van der Waals surface area contributed by atoms with Gasteiger partial charge in [-0.25, -0.2) is 4.39 Å². The molecule has 3 rings (SSSR count). The topological polar surface area (TPSA) is 6.48 Å². The second kappa shape index (κ2) is 5.68. The van der Waals surface area contributed by atoms with Gasteiger partial charge in [0.05, 0.1) is 0 Å². The van der Waals surface area contributed by atoms with Gasteiger partial charge in [-0.1, -0.05) is 0 Å². The van der Waals surface area contributed by atoms with Crippen LogP contribution in [0.3, 0.4) is 0 Å². The van der Waals surface area contributed by atoms with E-state index < -0.39 is 0 Å². The Balaban J connectivity index is 1.73. The maximum absolute atomic E-state index is 13.3. The highest BCUT2D eigenvalue weighted by Gasteiger charge is 2.30. The van der Waals surface area contributed by atoms with Gasteiger partial charge in [0, 0.05) is 30.7 Å². The first-order valence-corrected chi connectivity index (χ1v) is 7.65. The van der Waals surface area contributed by atoms with Gasteiger partial charge in [-0.15, -0.1) is 11.6 Å². The van der Waals surface area contributed by atoms with Gasteiger partial charge in [0.15, 0.2) is 0 Å². The van der Waals surface area contributed by atoms with Crippen molar-refractivity contribution in [3.05, 3.63) is 29.6 Å². The molecule has 2 saturated heterocycles. The summed E-state index contributed by atoms with van der Waals surface area (Å²) in [5.74, 6) is 0.174. The summed E-state index contributed by atoms with van der Waals surface area (Å²) in [5.41, 5.74) is 2.02. The third kappa shape index (κ3) is 2.72. The van der Waals surface area contributed by atoms with Crippen molar-refractivity contribution >= 4 is 17.3 Å². The van der Waals surface area contributed by atoms with Crippen molar-refractivity contribution in [1.29, 1.82) is 0 Å². The van der Waals surface area contributed by atoms with Crippen LogP contribution in [0.4, 0.5) is 10.1 Å². The highest BCUT2D eigenvalue weighted by Crippen LogP contribution is 2.29. The van der Waals surface area contributed by atoms with E-state index in [1.165, 1.54) is 38.4 Å². The van der Waals surface area contributed by atoms with Crippen molar-refractivity contribution < 1.29 is 4.39 Å². The molecule has 0 amide bonds. The molecule has 1 aromatic carbocycles. The lowest BCUT2D eigenvalue weighted by Gasteiger charge is -2.25. The van der Waals surface area contributed by atoms with E-state index in [1.54, 1.807) is 6.07 Å². The maximum Gasteiger partial charge on any atom is 0.123 e. The summed E-state index contributed by atoms with van der Waals surface area (Å²) in [7, 11) is 0. The lowest BCUT2D eigenvalue weighted by molar-refractivity contribution is 0.260. The number of halogens is 2. The molecule has 2 aliphatic heterocycles. The Kier molecular flexibility index (Phi) is 3.94. The number of nitrogens with zero attached hydrogens (tertiary/aromatic N) is 2. The molecule has 4 heteroatoms. The van der Waals surface area contributed by atoms with E-state index >= 15 is 0 Å². The quantitative estimate of drug-likeness (QED) is 0.786. The number of anilines is 1. The Hall–Kier alpha value is -0.800. The molecule has 0 aromatic heterocycles. The van der Waals surface area contributed by atoms with Gasteiger partial charge in [-0.2, -0.15) is 0 Å². The zero-order valence-corrected chi connectivity index (χ0v) is 11.9. The fourth-order valence-corrected chi connectivity index (χ4v) is 3.55. The Morgan fingerprint density at radius 3 is 2.74 bits per heavy atom. The van der Waals surface area contributed by atoms with Gasteiger partial charge in [0.1, 0.15) is 5.82 Å². The first-order valence-electron chi connectivity index (χ1n) is 7.11. The van der Waals surface area contributed by atoms with Crippen LogP contribution in [-0.2, 0) is 5.88 Å². The molecule has 0 saturated carbocycles. The molecule has 0 radical (unpaired) electrons. The Bertz CT molecular complexity index is 446. The number of rotatable bonds is 3. The van der Waals surface area contributed by atoms with Crippen molar-refractivity contribution in [1.82, 2.24) is 4.90 Å². The molecule has 2 nitrogen and oxygen atoms in total. The van der Waals surface area contributed by atoms with Gasteiger partial charge in [-0.3, -0.25) is 4.90 Å². The number of benzene rings is 1. The average Bonchev–Trinajstić information content (AvgIpc) is 3.09. The predicted octanol–water partition coefficient (Wildman–Crippen LogP) is 3.24. The van der Waals surface area contributed by atoms with E-state index in [-0.39, 0.29) is 5.82 Å². The minimum Gasteiger partial charge on any atom is -0.370 e. The van der Waals surface area contributed by atoms with Crippen LogP contribution in [0.5, 0.6) is 0 Å². The highest BCUT2D eigenvalue weighted by molar-refractivity contribution is 6.17. The van der Waals surface area contributed by atoms with Crippen LogP contribution in [-0.4, -0.2) is 37.1 Å². The Morgan fingerprint density at radius 2 is 2.00 bits per heavy atom. The minimum atomic E-state index is -0.199. The van der Waals surface area contributed by atoms with E-state index in [0.717, 1.165) is 24.3 Å². The fraction of sp³-hybridized carbons (Fsp3) is 0.600. The number of hydrogen-bond acceptors (Lipinski definition) is 2. The molecule has 2 aliphatic rings. The second-order valence-electron chi connectivity index (χ2n) is 5.54. The Labute approximate surface area is 119 Å². The summed E-state index contributed by atoms with van der Waals surface area (Å²) < 4.78 is 13.3. The number of likely N-dealkylation sites (tertiary alicyclic amines) is 1. The second-order valence-corrected chi connectivity index (χ2v) is 5.81. The summed E-state index contributed by atoms with van der Waals surface area (Å²) in [6.45, 7) is 4.58. The lowest BCUT2D eigenvalue weighted by Crippen LogP contribution is -2.35. The minimum absolute atomic E-state index is 0.199. The van der Waals surface area contributed by atoms with Gasteiger partial charge in [-0.05, 0) is 56.1 Å². The van der Waals surface area contributed by atoms with Crippen LogP contribution >= 0.6 is 11.6 Å². The predicted molar refractivity (Wildman–Crippen MR) is 77.4 cm³/mol. The van der Waals surface area contributed by atoms with Gasteiger partial charge < -0.3 is 4.90 Å². The van der Waals surface area contributed by atoms with Crippen LogP contribution in [0.2, 0.25) is 0 Å². The molecule has 1 atom stereocenters. The van der Waals surface area contributed by atoms with E-state index in [4.69, 9.17) is 11.6 Å². The van der Waals surface area contributed by atoms with Crippen LogP contribution in [0.1, 0.15) is 24.8 Å². The van der Waals surface area contributed by atoms with Gasteiger partial charge >= 0.3 is 0 Å². The molecule has 1 aromatic rings. The summed E-state index contributed by atoms with van der Waals surface area (Å²) in [4.78, 5) is 4.96. The summed E-state index contributed by atoms with van der Waals surface area (Å²) >= 11 is 5.94. The molecule has 0 N–H and O–H groups in total. The van der Waals surface area contributed by atoms with Crippen molar-refractivity contribution in [3.8, 4) is 0 Å². The first kappa shape index (κ1) is 13.2. The Morgan fingerprint density at radius 1 is 1.21 bits per heavy atom. The average molecular weight is 283 g/mol. The summed E-state index contributed by atoms with van der Waals surface area (Å²) in [6.07, 6.45) is 3.87. The van der Waals surface area contributed by atoms with Gasteiger partial charge in [0.2, 0.25) is 0 Å². The third-order valence-electron chi connectivity index (χ3n) is 4.35. The smallest absolute Gasteiger partial charge is 0.123 e. The zero-order valence-electron chi connectivity index (χ0n) is 11.1. The molecule has 0 spiro atoms. The molecule has 104 valence electrons. The van der Waals surface area contributed by atoms with Crippen LogP contribution in [0.25, 0.3) is 0 Å². The van der Waals surface area contributed by atoms with Crippen LogP contribution in [0, 0.1) is 5.82 Å². The monoisotopic (exact) mass is 282 g/mol. The number of alkyl halides is 1. The maximum atomic E-state index is 13.3. The molecule has 2 fully saturated rings.